The number of anilines is 1. The van der Waals surface area contributed by atoms with Gasteiger partial charge in [-0.05, 0) is 48.2 Å². The van der Waals surface area contributed by atoms with E-state index in [9.17, 15) is 9.90 Å². The largest absolute Gasteiger partial charge is 0.508 e. The number of para-hydroxylation sites is 1. The second-order valence-electron chi connectivity index (χ2n) is 5.98. The summed E-state index contributed by atoms with van der Waals surface area (Å²) in [6, 6.07) is 14.7. The second kappa shape index (κ2) is 7.17. The Morgan fingerprint density at radius 1 is 1.15 bits per heavy atom. The van der Waals surface area contributed by atoms with Gasteiger partial charge in [0.2, 0.25) is 0 Å². The van der Waals surface area contributed by atoms with Crippen LogP contribution < -0.4 is 4.90 Å². The number of fused-ring (bicyclic) bond motifs is 1. The van der Waals surface area contributed by atoms with Crippen molar-refractivity contribution in [1.82, 2.24) is 4.90 Å². The van der Waals surface area contributed by atoms with Gasteiger partial charge in [0.25, 0.3) is 5.91 Å². The predicted octanol–water partition coefficient (Wildman–Crippen LogP) is 4.55. The summed E-state index contributed by atoms with van der Waals surface area (Å²) in [6.45, 7) is 4.15. The van der Waals surface area contributed by atoms with Crippen molar-refractivity contribution < 1.29 is 9.90 Å². The molecular weight excluding hydrogens is 378 g/mol. The van der Waals surface area contributed by atoms with Gasteiger partial charge in [0, 0.05) is 18.5 Å². The van der Waals surface area contributed by atoms with Crippen LogP contribution in [0.4, 0.5) is 11.4 Å². The highest BCUT2D eigenvalue weighted by molar-refractivity contribution is 8.19. The van der Waals surface area contributed by atoms with E-state index in [1.54, 1.807) is 47.0 Å². The number of phenolic OH excluding ortho intramolecular Hbond substituents is 1. The molecule has 5 nitrogen and oxygen atoms in total. The second-order valence-corrected chi connectivity index (χ2v) is 7.99. The molecule has 0 aliphatic carbocycles. The number of amidine groups is 1. The SMILES string of the molecule is C=CCN1C(=O)C(=C2Sc3ccccc3N2C)SC1=Nc1ccc(O)cc1. The summed E-state index contributed by atoms with van der Waals surface area (Å²) >= 11 is 2.97. The Balaban J connectivity index is 1.73. The van der Waals surface area contributed by atoms with Crippen molar-refractivity contribution in [2.45, 2.75) is 4.90 Å². The van der Waals surface area contributed by atoms with Crippen LogP contribution in [0.3, 0.4) is 0 Å². The fourth-order valence-electron chi connectivity index (χ4n) is 2.85. The number of rotatable bonds is 3. The lowest BCUT2D eigenvalue weighted by Crippen LogP contribution is -2.29. The molecular formula is C20H17N3O2S2. The van der Waals surface area contributed by atoms with Crippen molar-refractivity contribution in [3.63, 3.8) is 0 Å². The summed E-state index contributed by atoms with van der Waals surface area (Å²) in [6.07, 6.45) is 1.69. The quantitative estimate of drug-likeness (QED) is 0.610. The van der Waals surface area contributed by atoms with Crippen LogP contribution in [0.25, 0.3) is 0 Å². The summed E-state index contributed by atoms with van der Waals surface area (Å²) < 4.78 is 0. The lowest BCUT2D eigenvalue weighted by molar-refractivity contribution is -0.121. The van der Waals surface area contributed by atoms with Crippen LogP contribution >= 0.6 is 23.5 Å². The first-order valence-corrected chi connectivity index (χ1v) is 9.95. The maximum Gasteiger partial charge on any atom is 0.269 e. The Morgan fingerprint density at radius 2 is 1.89 bits per heavy atom. The molecule has 2 heterocycles. The molecule has 0 atom stereocenters. The van der Waals surface area contributed by atoms with E-state index in [1.807, 2.05) is 25.2 Å². The van der Waals surface area contributed by atoms with E-state index in [1.165, 1.54) is 11.8 Å². The van der Waals surface area contributed by atoms with E-state index in [-0.39, 0.29) is 11.7 Å². The minimum absolute atomic E-state index is 0.0698. The molecule has 2 aromatic carbocycles. The number of amides is 1. The van der Waals surface area contributed by atoms with Crippen molar-refractivity contribution in [3.8, 4) is 5.75 Å². The Hall–Kier alpha value is -2.64. The van der Waals surface area contributed by atoms with Gasteiger partial charge in [-0.3, -0.25) is 9.69 Å². The predicted molar refractivity (Wildman–Crippen MR) is 112 cm³/mol. The first kappa shape index (κ1) is 17.8. The average Bonchev–Trinajstić information content (AvgIpc) is 3.16. The molecule has 1 amide bonds. The summed E-state index contributed by atoms with van der Waals surface area (Å²) in [7, 11) is 1.97. The van der Waals surface area contributed by atoms with Crippen LogP contribution in [-0.2, 0) is 4.79 Å². The fraction of sp³-hybridized carbons (Fsp3) is 0.100. The molecule has 0 bridgehead atoms. The smallest absolute Gasteiger partial charge is 0.269 e. The van der Waals surface area contributed by atoms with Crippen LogP contribution in [0, 0.1) is 0 Å². The third-order valence-electron chi connectivity index (χ3n) is 4.18. The molecule has 2 aromatic rings. The number of benzene rings is 2. The van der Waals surface area contributed by atoms with Gasteiger partial charge in [-0.1, -0.05) is 30.0 Å². The standard InChI is InChI=1S/C20H17N3O2S2/c1-3-12-23-18(25)17(19-22(2)15-6-4-5-7-16(15)26-19)27-20(23)21-13-8-10-14(24)11-9-13/h3-11,24H,1,12H2,2H3. The van der Waals surface area contributed by atoms with Gasteiger partial charge in [0.15, 0.2) is 5.17 Å². The van der Waals surface area contributed by atoms with Gasteiger partial charge in [0.05, 0.1) is 16.4 Å². The zero-order valence-corrected chi connectivity index (χ0v) is 16.3. The third kappa shape index (κ3) is 3.24. The van der Waals surface area contributed by atoms with E-state index in [4.69, 9.17) is 0 Å². The fourth-order valence-corrected chi connectivity index (χ4v) is 5.20. The number of carbonyl (C=O) groups is 1. The van der Waals surface area contributed by atoms with E-state index >= 15 is 0 Å². The summed E-state index contributed by atoms with van der Waals surface area (Å²) in [4.78, 5) is 23.2. The minimum Gasteiger partial charge on any atom is -0.508 e. The van der Waals surface area contributed by atoms with Crippen LogP contribution in [0.15, 0.2) is 81.0 Å². The highest BCUT2D eigenvalue weighted by atomic mass is 32.2. The normalized spacial score (nSPS) is 20.5. The monoisotopic (exact) mass is 395 g/mol. The molecule has 2 aliphatic rings. The van der Waals surface area contributed by atoms with E-state index in [2.05, 4.69) is 22.5 Å². The molecule has 1 fully saturated rings. The van der Waals surface area contributed by atoms with E-state index < -0.39 is 0 Å². The Morgan fingerprint density at radius 3 is 2.59 bits per heavy atom. The van der Waals surface area contributed by atoms with Gasteiger partial charge in [-0.2, -0.15) is 0 Å². The van der Waals surface area contributed by atoms with Crippen molar-refractivity contribution in [3.05, 3.63) is 71.1 Å². The summed E-state index contributed by atoms with van der Waals surface area (Å²) in [5.41, 5.74) is 1.77. The number of phenols is 1. The molecule has 1 saturated heterocycles. The van der Waals surface area contributed by atoms with Gasteiger partial charge < -0.3 is 10.0 Å². The first-order valence-electron chi connectivity index (χ1n) is 8.31. The maximum atomic E-state index is 13.1. The lowest BCUT2D eigenvalue weighted by atomic mass is 10.3. The zero-order chi connectivity index (χ0) is 19.0. The van der Waals surface area contributed by atoms with Crippen LogP contribution in [-0.4, -0.2) is 34.7 Å². The van der Waals surface area contributed by atoms with Gasteiger partial charge in [0.1, 0.15) is 10.7 Å². The third-order valence-corrected chi connectivity index (χ3v) is 6.61. The summed E-state index contributed by atoms with van der Waals surface area (Å²) in [5, 5.41) is 11.0. The van der Waals surface area contributed by atoms with Crippen LogP contribution in [0.5, 0.6) is 5.75 Å². The molecule has 0 radical (unpaired) electrons. The van der Waals surface area contributed by atoms with Crippen molar-refractivity contribution in [1.29, 1.82) is 0 Å². The number of carbonyl (C=O) groups excluding carboxylic acids is 1. The molecule has 0 unspecified atom stereocenters. The molecule has 27 heavy (non-hydrogen) atoms. The molecule has 4 rings (SSSR count). The Kier molecular flexibility index (Phi) is 4.72. The molecule has 136 valence electrons. The Labute approximate surface area is 166 Å². The van der Waals surface area contributed by atoms with E-state index in [0.717, 1.165) is 15.6 Å². The number of aliphatic imine (C=N–C) groups is 1. The van der Waals surface area contributed by atoms with Crippen molar-refractivity contribution in [2.24, 2.45) is 4.99 Å². The van der Waals surface area contributed by atoms with Gasteiger partial charge >= 0.3 is 0 Å². The number of aromatic hydroxyl groups is 1. The van der Waals surface area contributed by atoms with Crippen LogP contribution in [0.2, 0.25) is 0 Å². The number of hydrogen-bond acceptors (Lipinski definition) is 6. The van der Waals surface area contributed by atoms with Crippen molar-refractivity contribution >= 4 is 46.0 Å². The maximum absolute atomic E-state index is 13.1. The highest BCUT2D eigenvalue weighted by Crippen LogP contribution is 2.49. The van der Waals surface area contributed by atoms with E-state index in [0.29, 0.717) is 22.3 Å². The minimum atomic E-state index is -0.0698. The first-order chi connectivity index (χ1) is 13.1. The molecule has 7 heteroatoms. The number of nitrogens with zero attached hydrogens (tertiary/aromatic N) is 3. The van der Waals surface area contributed by atoms with Crippen LogP contribution in [0.1, 0.15) is 0 Å². The molecule has 0 saturated carbocycles. The number of thioether (sulfide) groups is 2. The number of hydrogen-bond donors (Lipinski definition) is 1. The summed E-state index contributed by atoms with van der Waals surface area (Å²) in [5.74, 6) is 0.112. The van der Waals surface area contributed by atoms with Gasteiger partial charge in [-0.15, -0.1) is 6.58 Å². The zero-order valence-electron chi connectivity index (χ0n) is 14.6. The molecule has 0 aromatic heterocycles. The van der Waals surface area contributed by atoms with Gasteiger partial charge in [-0.25, -0.2) is 4.99 Å². The topological polar surface area (TPSA) is 56.1 Å². The molecule has 1 N–H and O–H groups in total. The Bertz CT molecular complexity index is 983. The molecule has 2 aliphatic heterocycles. The average molecular weight is 396 g/mol. The highest BCUT2D eigenvalue weighted by Gasteiger charge is 2.38. The van der Waals surface area contributed by atoms with Crippen molar-refractivity contribution in [2.75, 3.05) is 18.5 Å². The molecule has 0 spiro atoms. The lowest BCUT2D eigenvalue weighted by Gasteiger charge is -2.15.